The molecular formula is C15H25N3O. The number of carbonyl (C=O) groups excluding carboxylic acids is 1. The maximum Gasteiger partial charge on any atom is 0.242 e. The first-order valence-electron chi connectivity index (χ1n) is 6.54. The number of aryl methyl sites for hydroxylation is 2. The van der Waals surface area contributed by atoms with Crippen molar-refractivity contribution in [2.75, 3.05) is 27.2 Å². The third kappa shape index (κ3) is 4.04. The van der Waals surface area contributed by atoms with E-state index in [0.717, 1.165) is 23.2 Å². The summed E-state index contributed by atoms with van der Waals surface area (Å²) >= 11 is 0. The summed E-state index contributed by atoms with van der Waals surface area (Å²) in [6.45, 7) is 7.46. The highest BCUT2D eigenvalue weighted by atomic mass is 16.1. The quantitative estimate of drug-likeness (QED) is 0.809. The maximum absolute atomic E-state index is 11.9. The van der Waals surface area contributed by atoms with Crippen molar-refractivity contribution in [1.82, 2.24) is 10.2 Å². The Balaban J connectivity index is 3.01. The standard InChI is InChI=1S/C15H25N3O/c1-11-8-12(2)10-13(9-11)15(3,14(16)19)17-6-7-18(4)5/h8-10,17H,6-7H2,1-5H3,(H2,16,19). The van der Waals surface area contributed by atoms with Gasteiger partial charge >= 0.3 is 0 Å². The molecule has 106 valence electrons. The molecule has 19 heavy (non-hydrogen) atoms. The smallest absolute Gasteiger partial charge is 0.242 e. The van der Waals surface area contributed by atoms with Gasteiger partial charge < -0.3 is 10.6 Å². The Morgan fingerprint density at radius 2 is 1.79 bits per heavy atom. The fraction of sp³-hybridized carbons (Fsp3) is 0.533. The monoisotopic (exact) mass is 263 g/mol. The van der Waals surface area contributed by atoms with Gasteiger partial charge in [-0.1, -0.05) is 29.3 Å². The first kappa shape index (κ1) is 15.7. The van der Waals surface area contributed by atoms with Gasteiger partial charge in [0.15, 0.2) is 0 Å². The van der Waals surface area contributed by atoms with Gasteiger partial charge in [0.1, 0.15) is 5.54 Å². The second-order valence-corrected chi connectivity index (χ2v) is 5.60. The number of likely N-dealkylation sites (N-methyl/N-ethyl adjacent to an activating group) is 1. The lowest BCUT2D eigenvalue weighted by Gasteiger charge is -2.29. The lowest BCUT2D eigenvalue weighted by molar-refractivity contribution is -0.124. The number of hydrogen-bond acceptors (Lipinski definition) is 3. The minimum atomic E-state index is -0.827. The molecule has 0 saturated heterocycles. The molecule has 0 aliphatic carbocycles. The molecule has 1 unspecified atom stereocenters. The average Bonchev–Trinajstić information content (AvgIpc) is 2.26. The zero-order valence-electron chi connectivity index (χ0n) is 12.6. The maximum atomic E-state index is 11.9. The van der Waals surface area contributed by atoms with E-state index in [1.807, 2.05) is 47.0 Å². The molecule has 1 atom stereocenters. The Labute approximate surface area is 116 Å². The number of nitrogens with two attached hydrogens (primary N) is 1. The van der Waals surface area contributed by atoms with Crippen molar-refractivity contribution in [1.29, 1.82) is 0 Å². The van der Waals surface area contributed by atoms with Gasteiger partial charge in [-0.2, -0.15) is 0 Å². The first-order chi connectivity index (χ1) is 8.75. The van der Waals surface area contributed by atoms with Crippen LogP contribution < -0.4 is 11.1 Å². The van der Waals surface area contributed by atoms with E-state index in [0.29, 0.717) is 6.54 Å². The molecule has 1 aromatic carbocycles. The summed E-state index contributed by atoms with van der Waals surface area (Å²) in [4.78, 5) is 13.9. The third-order valence-corrected chi connectivity index (χ3v) is 3.33. The normalized spacial score (nSPS) is 14.4. The fourth-order valence-electron chi connectivity index (χ4n) is 2.12. The van der Waals surface area contributed by atoms with Crippen LogP contribution in [0.3, 0.4) is 0 Å². The molecule has 1 aromatic rings. The van der Waals surface area contributed by atoms with E-state index in [1.54, 1.807) is 0 Å². The minimum absolute atomic E-state index is 0.351. The highest BCUT2D eigenvalue weighted by Crippen LogP contribution is 2.23. The molecule has 4 nitrogen and oxygen atoms in total. The molecule has 0 radical (unpaired) electrons. The van der Waals surface area contributed by atoms with Crippen LogP contribution in [0.4, 0.5) is 0 Å². The van der Waals surface area contributed by atoms with Crippen LogP contribution in [0.2, 0.25) is 0 Å². The number of amides is 1. The number of benzene rings is 1. The predicted octanol–water partition coefficient (Wildman–Crippen LogP) is 1.16. The summed E-state index contributed by atoms with van der Waals surface area (Å²) in [6, 6.07) is 6.12. The van der Waals surface area contributed by atoms with E-state index in [9.17, 15) is 4.79 Å². The second kappa shape index (κ2) is 6.17. The number of rotatable bonds is 6. The topological polar surface area (TPSA) is 58.4 Å². The van der Waals surface area contributed by atoms with Crippen LogP contribution in [-0.4, -0.2) is 38.0 Å². The molecule has 0 heterocycles. The van der Waals surface area contributed by atoms with Gasteiger partial charge in [0.2, 0.25) is 5.91 Å². The lowest BCUT2D eigenvalue weighted by atomic mass is 9.89. The van der Waals surface area contributed by atoms with E-state index >= 15 is 0 Å². The van der Waals surface area contributed by atoms with Gasteiger partial charge in [-0.25, -0.2) is 0 Å². The summed E-state index contributed by atoms with van der Waals surface area (Å²) < 4.78 is 0. The molecule has 0 aliphatic rings. The van der Waals surface area contributed by atoms with Crippen molar-refractivity contribution in [2.24, 2.45) is 5.73 Å². The van der Waals surface area contributed by atoms with Gasteiger partial charge in [0.05, 0.1) is 0 Å². The van der Waals surface area contributed by atoms with Gasteiger partial charge in [-0.3, -0.25) is 10.1 Å². The van der Waals surface area contributed by atoms with E-state index in [1.165, 1.54) is 0 Å². The van der Waals surface area contributed by atoms with E-state index < -0.39 is 5.54 Å². The number of nitrogens with one attached hydrogen (secondary N) is 1. The highest BCUT2D eigenvalue weighted by molar-refractivity contribution is 5.85. The molecule has 0 fully saturated rings. The van der Waals surface area contributed by atoms with Crippen molar-refractivity contribution in [2.45, 2.75) is 26.3 Å². The van der Waals surface area contributed by atoms with Crippen molar-refractivity contribution < 1.29 is 4.79 Å². The van der Waals surface area contributed by atoms with E-state index in [-0.39, 0.29) is 5.91 Å². The predicted molar refractivity (Wildman–Crippen MR) is 79.0 cm³/mol. The molecule has 3 N–H and O–H groups in total. The number of hydrogen-bond donors (Lipinski definition) is 2. The Morgan fingerprint density at radius 1 is 1.26 bits per heavy atom. The molecule has 4 heteroatoms. The summed E-state index contributed by atoms with van der Waals surface area (Å²) in [7, 11) is 4.00. The van der Waals surface area contributed by atoms with Crippen LogP contribution in [0.1, 0.15) is 23.6 Å². The molecule has 0 bridgehead atoms. The van der Waals surface area contributed by atoms with Gasteiger partial charge in [0.25, 0.3) is 0 Å². The second-order valence-electron chi connectivity index (χ2n) is 5.60. The van der Waals surface area contributed by atoms with Crippen molar-refractivity contribution in [3.05, 3.63) is 34.9 Å². The lowest BCUT2D eigenvalue weighted by Crippen LogP contribution is -2.52. The van der Waals surface area contributed by atoms with E-state index in [2.05, 4.69) is 16.3 Å². The SMILES string of the molecule is Cc1cc(C)cc(C(C)(NCCN(C)C)C(N)=O)c1. The number of nitrogens with zero attached hydrogens (tertiary/aromatic N) is 1. The summed E-state index contributed by atoms with van der Waals surface area (Å²) in [6.07, 6.45) is 0. The van der Waals surface area contributed by atoms with Crippen LogP contribution in [-0.2, 0) is 10.3 Å². The Bertz CT molecular complexity index is 436. The fourth-order valence-corrected chi connectivity index (χ4v) is 2.12. The summed E-state index contributed by atoms with van der Waals surface area (Å²) in [5, 5.41) is 3.28. The number of primary amides is 1. The summed E-state index contributed by atoms with van der Waals surface area (Å²) in [5.74, 6) is -0.351. The molecule has 1 amide bonds. The van der Waals surface area contributed by atoms with Crippen molar-refractivity contribution in [3.63, 3.8) is 0 Å². The third-order valence-electron chi connectivity index (χ3n) is 3.33. The zero-order chi connectivity index (χ0) is 14.6. The molecule has 0 spiro atoms. The Morgan fingerprint density at radius 3 is 2.21 bits per heavy atom. The van der Waals surface area contributed by atoms with Crippen LogP contribution in [0.25, 0.3) is 0 Å². The van der Waals surface area contributed by atoms with Gasteiger partial charge in [-0.15, -0.1) is 0 Å². The van der Waals surface area contributed by atoms with Crippen LogP contribution in [0.15, 0.2) is 18.2 Å². The van der Waals surface area contributed by atoms with Crippen LogP contribution in [0, 0.1) is 13.8 Å². The van der Waals surface area contributed by atoms with Crippen molar-refractivity contribution in [3.8, 4) is 0 Å². The van der Waals surface area contributed by atoms with Crippen molar-refractivity contribution >= 4 is 5.91 Å². The first-order valence-corrected chi connectivity index (χ1v) is 6.54. The zero-order valence-corrected chi connectivity index (χ0v) is 12.6. The largest absolute Gasteiger partial charge is 0.368 e. The van der Waals surface area contributed by atoms with Gasteiger partial charge in [-0.05, 0) is 40.4 Å². The Hall–Kier alpha value is -1.39. The van der Waals surface area contributed by atoms with Crippen LogP contribution >= 0.6 is 0 Å². The Kier molecular flexibility index (Phi) is 5.09. The average molecular weight is 263 g/mol. The number of carbonyl (C=O) groups is 1. The molecule has 1 rings (SSSR count). The molecule has 0 aliphatic heterocycles. The van der Waals surface area contributed by atoms with Crippen LogP contribution in [0.5, 0.6) is 0 Å². The van der Waals surface area contributed by atoms with E-state index in [4.69, 9.17) is 5.73 Å². The molecule has 0 aromatic heterocycles. The van der Waals surface area contributed by atoms with Gasteiger partial charge in [0, 0.05) is 13.1 Å². The molecule has 0 saturated carbocycles. The summed E-state index contributed by atoms with van der Waals surface area (Å²) in [5.41, 5.74) is 7.98. The highest BCUT2D eigenvalue weighted by Gasteiger charge is 2.32. The molecular weight excluding hydrogens is 238 g/mol. The minimum Gasteiger partial charge on any atom is -0.368 e.